The zero-order valence-corrected chi connectivity index (χ0v) is 6.94. The summed E-state index contributed by atoms with van der Waals surface area (Å²) in [5.41, 5.74) is 8.22. The second-order valence-corrected chi connectivity index (χ2v) is 2.68. The summed E-state index contributed by atoms with van der Waals surface area (Å²) >= 11 is 0. The Morgan fingerprint density at radius 2 is 2.08 bits per heavy atom. The van der Waals surface area contributed by atoms with Gasteiger partial charge in [-0.1, -0.05) is 0 Å². The molecule has 0 fully saturated rings. The molecule has 2 N–H and O–H groups in total. The summed E-state index contributed by atoms with van der Waals surface area (Å²) in [6, 6.07) is 0. The predicted octanol–water partition coefficient (Wildman–Crippen LogP) is 0.323. The first-order valence-corrected chi connectivity index (χ1v) is 3.63. The molecule has 0 aliphatic heterocycles. The van der Waals surface area contributed by atoms with Crippen LogP contribution in [-0.2, 0) is 0 Å². The van der Waals surface area contributed by atoms with Gasteiger partial charge >= 0.3 is 0 Å². The highest BCUT2D eigenvalue weighted by molar-refractivity contribution is 5.43. The lowest BCUT2D eigenvalue weighted by molar-refractivity contribution is 1.00. The third-order valence-electron chi connectivity index (χ3n) is 1.95. The van der Waals surface area contributed by atoms with E-state index < -0.39 is 0 Å². The highest BCUT2D eigenvalue weighted by atomic mass is 15.3. The molecule has 62 valence electrons. The first kappa shape index (κ1) is 7.02. The molecule has 0 aliphatic carbocycles. The van der Waals surface area contributed by atoms with Crippen molar-refractivity contribution >= 4 is 11.6 Å². The Morgan fingerprint density at radius 3 is 2.83 bits per heavy atom. The molecule has 0 amide bonds. The standard InChI is InChI=1S/C7H9N5/c1-4-5(2)12-6(3-9-4)10-11-7(12)8/h3H,1-2H3,(H2,8,11). The van der Waals surface area contributed by atoms with Crippen molar-refractivity contribution in [1.29, 1.82) is 0 Å². The lowest BCUT2D eigenvalue weighted by atomic mass is 10.3. The van der Waals surface area contributed by atoms with E-state index in [4.69, 9.17) is 5.73 Å². The molecule has 5 nitrogen and oxygen atoms in total. The number of nitrogen functional groups attached to an aromatic ring is 1. The third kappa shape index (κ3) is 0.761. The average Bonchev–Trinajstić information content (AvgIpc) is 2.41. The highest BCUT2D eigenvalue weighted by Crippen LogP contribution is 2.09. The van der Waals surface area contributed by atoms with E-state index in [0.717, 1.165) is 11.4 Å². The summed E-state index contributed by atoms with van der Waals surface area (Å²) in [6.07, 6.45) is 1.66. The maximum absolute atomic E-state index is 5.61. The van der Waals surface area contributed by atoms with Gasteiger partial charge in [0, 0.05) is 5.69 Å². The molecule has 0 saturated heterocycles. The molecule has 0 radical (unpaired) electrons. The number of nitrogens with two attached hydrogens (primary N) is 1. The molecule has 2 aromatic rings. The van der Waals surface area contributed by atoms with Gasteiger partial charge in [-0.15, -0.1) is 10.2 Å². The molecule has 0 saturated carbocycles. The van der Waals surface area contributed by atoms with E-state index in [0.29, 0.717) is 11.6 Å². The predicted molar refractivity (Wildman–Crippen MR) is 44.7 cm³/mol. The third-order valence-corrected chi connectivity index (χ3v) is 1.95. The largest absolute Gasteiger partial charge is 0.368 e. The summed E-state index contributed by atoms with van der Waals surface area (Å²) in [4.78, 5) is 4.14. The van der Waals surface area contributed by atoms with Crippen LogP contribution < -0.4 is 5.73 Å². The van der Waals surface area contributed by atoms with Crippen LogP contribution >= 0.6 is 0 Å². The fourth-order valence-electron chi connectivity index (χ4n) is 1.15. The molecule has 2 heterocycles. The fraction of sp³-hybridized carbons (Fsp3) is 0.286. The van der Waals surface area contributed by atoms with Gasteiger partial charge in [-0.3, -0.25) is 9.38 Å². The zero-order valence-electron chi connectivity index (χ0n) is 6.94. The number of hydrogen-bond acceptors (Lipinski definition) is 4. The van der Waals surface area contributed by atoms with Crippen LogP contribution in [0.3, 0.4) is 0 Å². The summed E-state index contributed by atoms with van der Waals surface area (Å²) < 4.78 is 1.78. The van der Waals surface area contributed by atoms with Crippen LogP contribution in [0.2, 0.25) is 0 Å². The molecular formula is C7H9N5. The van der Waals surface area contributed by atoms with E-state index >= 15 is 0 Å². The van der Waals surface area contributed by atoms with E-state index in [1.165, 1.54) is 0 Å². The van der Waals surface area contributed by atoms with Crippen LogP contribution in [0, 0.1) is 13.8 Å². The van der Waals surface area contributed by atoms with Crippen LogP contribution in [0.15, 0.2) is 6.20 Å². The van der Waals surface area contributed by atoms with Gasteiger partial charge in [-0.2, -0.15) is 0 Å². The molecule has 2 aromatic heterocycles. The Balaban J connectivity index is 2.96. The molecule has 0 unspecified atom stereocenters. The van der Waals surface area contributed by atoms with Gasteiger partial charge in [0.05, 0.1) is 11.9 Å². The normalized spacial score (nSPS) is 10.8. The number of aromatic nitrogens is 4. The van der Waals surface area contributed by atoms with E-state index in [-0.39, 0.29) is 0 Å². The van der Waals surface area contributed by atoms with Gasteiger partial charge in [-0.25, -0.2) is 0 Å². The molecule has 0 aromatic carbocycles. The van der Waals surface area contributed by atoms with Crippen molar-refractivity contribution in [3.05, 3.63) is 17.6 Å². The van der Waals surface area contributed by atoms with Gasteiger partial charge in [0.25, 0.3) is 0 Å². The van der Waals surface area contributed by atoms with E-state index in [2.05, 4.69) is 15.2 Å². The Bertz CT molecular complexity index is 431. The van der Waals surface area contributed by atoms with Crippen molar-refractivity contribution in [2.75, 3.05) is 5.73 Å². The second-order valence-electron chi connectivity index (χ2n) is 2.68. The zero-order chi connectivity index (χ0) is 8.72. The average molecular weight is 163 g/mol. The van der Waals surface area contributed by atoms with Crippen molar-refractivity contribution in [3.8, 4) is 0 Å². The Kier molecular flexibility index (Phi) is 1.27. The molecule has 2 rings (SSSR count). The van der Waals surface area contributed by atoms with E-state index in [1.54, 1.807) is 10.6 Å². The quantitative estimate of drug-likeness (QED) is 0.607. The van der Waals surface area contributed by atoms with Crippen LogP contribution in [0.25, 0.3) is 5.65 Å². The molecule has 0 bridgehead atoms. The summed E-state index contributed by atoms with van der Waals surface area (Å²) in [6.45, 7) is 3.86. The minimum atomic E-state index is 0.410. The Hall–Kier alpha value is -1.65. The Morgan fingerprint density at radius 1 is 1.33 bits per heavy atom. The Labute approximate surface area is 69.2 Å². The number of anilines is 1. The highest BCUT2D eigenvalue weighted by Gasteiger charge is 2.05. The van der Waals surface area contributed by atoms with Gasteiger partial charge in [0.1, 0.15) is 0 Å². The topological polar surface area (TPSA) is 69.1 Å². The molecule has 0 spiro atoms. The fourth-order valence-corrected chi connectivity index (χ4v) is 1.15. The summed E-state index contributed by atoms with van der Waals surface area (Å²) in [5.74, 6) is 0.410. The minimum absolute atomic E-state index is 0.410. The second kappa shape index (κ2) is 2.17. The van der Waals surface area contributed by atoms with Crippen LogP contribution in [0.1, 0.15) is 11.4 Å². The van der Waals surface area contributed by atoms with Gasteiger partial charge in [-0.05, 0) is 13.8 Å². The monoisotopic (exact) mass is 163 g/mol. The van der Waals surface area contributed by atoms with Crippen molar-refractivity contribution in [1.82, 2.24) is 19.6 Å². The molecule has 0 aliphatic rings. The number of rotatable bonds is 0. The summed E-state index contributed by atoms with van der Waals surface area (Å²) in [5, 5.41) is 7.59. The number of nitrogens with zero attached hydrogens (tertiary/aromatic N) is 4. The smallest absolute Gasteiger partial charge is 0.226 e. The SMILES string of the molecule is Cc1ncc2nnc(N)n2c1C. The first-order chi connectivity index (χ1) is 5.70. The lowest BCUT2D eigenvalue weighted by Gasteiger charge is -2.01. The van der Waals surface area contributed by atoms with Crippen molar-refractivity contribution < 1.29 is 0 Å². The maximum Gasteiger partial charge on any atom is 0.226 e. The first-order valence-electron chi connectivity index (χ1n) is 3.63. The van der Waals surface area contributed by atoms with Crippen molar-refractivity contribution in [2.45, 2.75) is 13.8 Å². The van der Waals surface area contributed by atoms with Crippen LogP contribution in [0.4, 0.5) is 5.95 Å². The molecule has 0 atom stereocenters. The maximum atomic E-state index is 5.61. The number of hydrogen-bond donors (Lipinski definition) is 1. The van der Waals surface area contributed by atoms with Gasteiger partial charge in [0.2, 0.25) is 5.95 Å². The van der Waals surface area contributed by atoms with E-state index in [9.17, 15) is 0 Å². The van der Waals surface area contributed by atoms with Crippen molar-refractivity contribution in [3.63, 3.8) is 0 Å². The number of fused-ring (bicyclic) bond motifs is 1. The van der Waals surface area contributed by atoms with Crippen LogP contribution in [0.5, 0.6) is 0 Å². The van der Waals surface area contributed by atoms with Crippen LogP contribution in [-0.4, -0.2) is 19.6 Å². The lowest BCUT2D eigenvalue weighted by Crippen LogP contribution is -2.01. The minimum Gasteiger partial charge on any atom is -0.368 e. The van der Waals surface area contributed by atoms with Gasteiger partial charge < -0.3 is 5.73 Å². The molecule has 12 heavy (non-hydrogen) atoms. The van der Waals surface area contributed by atoms with Gasteiger partial charge in [0.15, 0.2) is 5.65 Å². The summed E-state index contributed by atoms with van der Waals surface area (Å²) in [7, 11) is 0. The van der Waals surface area contributed by atoms with E-state index in [1.807, 2.05) is 13.8 Å². The van der Waals surface area contributed by atoms with Crippen molar-refractivity contribution in [2.24, 2.45) is 0 Å². The molecular weight excluding hydrogens is 154 g/mol. The number of aryl methyl sites for hydroxylation is 2. The molecule has 5 heteroatoms.